The number of morpholine rings is 1. The fourth-order valence-electron chi connectivity index (χ4n) is 2.55. The maximum atomic E-state index is 12.4. The Morgan fingerprint density at radius 2 is 2.17 bits per heavy atom. The summed E-state index contributed by atoms with van der Waals surface area (Å²) in [7, 11) is 0. The van der Waals surface area contributed by atoms with Crippen LogP contribution in [0.5, 0.6) is 0 Å². The van der Waals surface area contributed by atoms with Crippen LogP contribution in [0.4, 0.5) is 0 Å². The summed E-state index contributed by atoms with van der Waals surface area (Å²) in [4.78, 5) is 24.7. The lowest BCUT2D eigenvalue weighted by Gasteiger charge is -2.24. The minimum absolute atomic E-state index is 0.0513. The van der Waals surface area contributed by atoms with Crippen LogP contribution in [-0.4, -0.2) is 35.3 Å². The van der Waals surface area contributed by atoms with Crippen molar-refractivity contribution in [2.45, 2.75) is 19.6 Å². The molecule has 0 bridgehead atoms. The van der Waals surface area contributed by atoms with Crippen LogP contribution in [0.2, 0.25) is 5.02 Å². The van der Waals surface area contributed by atoms with E-state index >= 15 is 0 Å². The van der Waals surface area contributed by atoms with Gasteiger partial charge in [-0.15, -0.1) is 0 Å². The molecular weight excluding hydrogens is 330 g/mol. The van der Waals surface area contributed by atoms with Gasteiger partial charge in [-0.2, -0.15) is 5.10 Å². The number of rotatable bonds is 4. The molecule has 0 amide bonds. The molecule has 1 atom stereocenters. The highest BCUT2D eigenvalue weighted by Gasteiger charge is 2.22. The van der Waals surface area contributed by atoms with Crippen molar-refractivity contribution in [2.24, 2.45) is 0 Å². The van der Waals surface area contributed by atoms with E-state index in [4.69, 9.17) is 16.3 Å². The van der Waals surface area contributed by atoms with Gasteiger partial charge in [0.05, 0.1) is 18.9 Å². The van der Waals surface area contributed by atoms with Gasteiger partial charge in [-0.25, -0.2) is 4.68 Å². The molecule has 1 saturated heterocycles. The van der Waals surface area contributed by atoms with Crippen molar-refractivity contribution in [3.05, 3.63) is 62.5 Å². The van der Waals surface area contributed by atoms with Gasteiger partial charge in [-0.3, -0.25) is 9.59 Å². The number of benzene rings is 1. The Kier molecular flexibility index (Phi) is 5.08. The van der Waals surface area contributed by atoms with E-state index in [0.717, 1.165) is 16.8 Å². The molecular formula is C17H18ClN3O3. The molecule has 1 N–H and O–H groups in total. The molecule has 7 heteroatoms. The van der Waals surface area contributed by atoms with Gasteiger partial charge in [-0.05, 0) is 6.92 Å². The van der Waals surface area contributed by atoms with Crippen LogP contribution in [-0.2, 0) is 11.3 Å². The molecule has 24 heavy (non-hydrogen) atoms. The second-order valence-corrected chi connectivity index (χ2v) is 6.11. The van der Waals surface area contributed by atoms with Crippen LogP contribution < -0.4 is 10.9 Å². The van der Waals surface area contributed by atoms with E-state index in [2.05, 4.69) is 10.4 Å². The van der Waals surface area contributed by atoms with Crippen molar-refractivity contribution in [2.75, 3.05) is 19.7 Å². The van der Waals surface area contributed by atoms with E-state index in [1.54, 1.807) is 12.1 Å². The summed E-state index contributed by atoms with van der Waals surface area (Å²) in [6.45, 7) is 3.69. The predicted octanol–water partition coefficient (Wildman–Crippen LogP) is 1.75. The van der Waals surface area contributed by atoms with E-state index in [0.29, 0.717) is 24.3 Å². The third-order valence-electron chi connectivity index (χ3n) is 3.95. The maximum Gasteiger partial charge on any atom is 0.286 e. The SMILES string of the molecule is Cc1ccc(C(=O)Cn2ncc(C3CNCCO3)c(Cl)c2=O)cc1. The molecule has 1 aliphatic heterocycles. The Labute approximate surface area is 144 Å². The fraction of sp³-hybridized carbons (Fsp3) is 0.353. The summed E-state index contributed by atoms with van der Waals surface area (Å²) in [5.41, 5.74) is 1.67. The molecule has 0 spiro atoms. The van der Waals surface area contributed by atoms with Crippen LogP contribution in [0.3, 0.4) is 0 Å². The first-order chi connectivity index (χ1) is 11.6. The summed E-state index contributed by atoms with van der Waals surface area (Å²) in [6.07, 6.45) is 1.21. The maximum absolute atomic E-state index is 12.4. The van der Waals surface area contributed by atoms with Gasteiger partial charge in [0.25, 0.3) is 5.56 Å². The molecule has 2 aromatic rings. The van der Waals surface area contributed by atoms with Crippen molar-refractivity contribution in [3.63, 3.8) is 0 Å². The summed E-state index contributed by atoms with van der Waals surface area (Å²) in [6, 6.07) is 7.18. The van der Waals surface area contributed by atoms with Crippen LogP contribution in [0.15, 0.2) is 35.3 Å². The number of aromatic nitrogens is 2. The Bertz CT molecular complexity index is 796. The Morgan fingerprint density at radius 3 is 2.83 bits per heavy atom. The number of nitrogens with one attached hydrogen (secondary N) is 1. The van der Waals surface area contributed by atoms with E-state index in [1.165, 1.54) is 6.20 Å². The normalized spacial score (nSPS) is 17.7. The smallest absolute Gasteiger partial charge is 0.286 e. The lowest BCUT2D eigenvalue weighted by Crippen LogP contribution is -2.35. The third kappa shape index (κ3) is 3.56. The number of carbonyl (C=O) groups is 1. The lowest BCUT2D eigenvalue weighted by atomic mass is 10.1. The summed E-state index contributed by atoms with van der Waals surface area (Å²) < 4.78 is 6.69. The van der Waals surface area contributed by atoms with Crippen LogP contribution >= 0.6 is 11.6 Å². The zero-order valence-electron chi connectivity index (χ0n) is 13.3. The number of ketones is 1. The minimum atomic E-state index is -0.483. The molecule has 0 aliphatic carbocycles. The van der Waals surface area contributed by atoms with Gasteiger partial charge in [0.1, 0.15) is 11.6 Å². The van der Waals surface area contributed by atoms with Gasteiger partial charge in [0, 0.05) is 24.2 Å². The number of Topliss-reactive ketones (excluding diaryl/α,β-unsaturated/α-hetero) is 1. The Balaban J connectivity index is 1.81. The Morgan fingerprint density at radius 1 is 1.42 bits per heavy atom. The summed E-state index contributed by atoms with van der Waals surface area (Å²) >= 11 is 6.19. The summed E-state index contributed by atoms with van der Waals surface area (Å²) in [5, 5.41) is 7.32. The van der Waals surface area contributed by atoms with Crippen molar-refractivity contribution >= 4 is 17.4 Å². The molecule has 6 nitrogen and oxygen atoms in total. The van der Waals surface area contributed by atoms with E-state index in [-0.39, 0.29) is 23.5 Å². The number of nitrogens with zero attached hydrogens (tertiary/aromatic N) is 2. The highest BCUT2D eigenvalue weighted by Crippen LogP contribution is 2.22. The number of ether oxygens (including phenoxy) is 1. The van der Waals surface area contributed by atoms with Gasteiger partial charge in [0.2, 0.25) is 0 Å². The van der Waals surface area contributed by atoms with E-state index in [1.807, 2.05) is 19.1 Å². The fourth-order valence-corrected chi connectivity index (χ4v) is 2.81. The lowest BCUT2D eigenvalue weighted by molar-refractivity contribution is 0.0273. The molecule has 1 aromatic heterocycles. The molecule has 1 aromatic carbocycles. The van der Waals surface area contributed by atoms with E-state index < -0.39 is 5.56 Å². The van der Waals surface area contributed by atoms with Crippen molar-refractivity contribution in [1.82, 2.24) is 15.1 Å². The first-order valence-electron chi connectivity index (χ1n) is 7.74. The number of carbonyl (C=O) groups excluding carboxylic acids is 1. The molecule has 1 unspecified atom stereocenters. The standard InChI is InChI=1S/C17H18ClN3O3/c1-11-2-4-12(5-3-11)14(22)10-21-17(23)16(18)13(8-20-21)15-9-19-6-7-24-15/h2-5,8,15,19H,6-7,9-10H2,1H3. The number of hydrogen-bond donors (Lipinski definition) is 1. The second kappa shape index (κ2) is 7.25. The second-order valence-electron chi connectivity index (χ2n) is 5.73. The predicted molar refractivity (Wildman–Crippen MR) is 90.6 cm³/mol. The first kappa shape index (κ1) is 16.8. The number of halogens is 1. The highest BCUT2D eigenvalue weighted by molar-refractivity contribution is 6.31. The van der Waals surface area contributed by atoms with Crippen LogP contribution in [0.25, 0.3) is 0 Å². The van der Waals surface area contributed by atoms with E-state index in [9.17, 15) is 9.59 Å². The average Bonchev–Trinajstić information content (AvgIpc) is 2.60. The first-order valence-corrected chi connectivity index (χ1v) is 8.12. The highest BCUT2D eigenvalue weighted by atomic mass is 35.5. The zero-order chi connectivity index (χ0) is 17.1. The molecule has 0 saturated carbocycles. The van der Waals surface area contributed by atoms with Gasteiger partial charge >= 0.3 is 0 Å². The molecule has 1 fully saturated rings. The molecule has 1 aliphatic rings. The van der Waals surface area contributed by atoms with Crippen molar-refractivity contribution in [1.29, 1.82) is 0 Å². The average molecular weight is 348 g/mol. The topological polar surface area (TPSA) is 73.2 Å². The molecule has 3 rings (SSSR count). The number of hydrogen-bond acceptors (Lipinski definition) is 5. The largest absolute Gasteiger partial charge is 0.371 e. The minimum Gasteiger partial charge on any atom is -0.371 e. The van der Waals surface area contributed by atoms with Crippen molar-refractivity contribution in [3.8, 4) is 0 Å². The summed E-state index contributed by atoms with van der Waals surface area (Å²) in [5.74, 6) is -0.191. The van der Waals surface area contributed by atoms with Crippen LogP contribution in [0.1, 0.15) is 27.6 Å². The Hall–Kier alpha value is -2.02. The zero-order valence-corrected chi connectivity index (χ0v) is 14.0. The van der Waals surface area contributed by atoms with Crippen LogP contribution in [0, 0.1) is 6.92 Å². The molecule has 0 radical (unpaired) electrons. The van der Waals surface area contributed by atoms with Gasteiger partial charge in [-0.1, -0.05) is 41.4 Å². The van der Waals surface area contributed by atoms with Gasteiger partial charge in [0.15, 0.2) is 5.78 Å². The van der Waals surface area contributed by atoms with Crippen molar-refractivity contribution < 1.29 is 9.53 Å². The van der Waals surface area contributed by atoms with Gasteiger partial charge < -0.3 is 10.1 Å². The monoisotopic (exact) mass is 347 g/mol. The third-order valence-corrected chi connectivity index (χ3v) is 4.33. The number of aryl methyl sites for hydroxylation is 1. The molecule has 126 valence electrons. The molecule has 2 heterocycles. The quantitative estimate of drug-likeness (QED) is 0.853.